The molecule has 7 aromatic carbocycles. The van der Waals surface area contributed by atoms with E-state index in [1.54, 1.807) is 0 Å². The fourth-order valence-electron chi connectivity index (χ4n) is 8.76. The lowest BCUT2D eigenvalue weighted by Gasteiger charge is -2.21. The van der Waals surface area contributed by atoms with E-state index in [0.717, 1.165) is 0 Å². The smallest absolute Gasteiger partial charge is 0.0641 e. The number of thiophene rings is 1. The summed E-state index contributed by atoms with van der Waals surface area (Å²) in [5, 5.41) is 7.75. The van der Waals surface area contributed by atoms with Crippen molar-refractivity contribution in [2.24, 2.45) is 0 Å². The first-order valence-electron chi connectivity index (χ1n) is 16.7. The van der Waals surface area contributed by atoms with Crippen LogP contribution in [0.4, 0.5) is 0 Å². The van der Waals surface area contributed by atoms with Gasteiger partial charge in [0.05, 0.1) is 22.1 Å². The number of benzene rings is 7. The minimum Gasteiger partial charge on any atom is -0.309 e. The number of aromatic nitrogens is 2. The van der Waals surface area contributed by atoms with Crippen molar-refractivity contribution in [3.63, 3.8) is 0 Å². The Hall–Kier alpha value is -5.64. The Balaban J connectivity index is 1.26. The average Bonchev–Trinajstić information content (AvgIpc) is 3.83. The first-order chi connectivity index (χ1) is 23.6. The second kappa shape index (κ2) is 9.25. The fourth-order valence-corrected chi connectivity index (χ4v) is 9.84. The Kier molecular flexibility index (Phi) is 5.09. The highest BCUT2D eigenvalue weighted by Crippen LogP contribution is 2.50. The van der Waals surface area contributed by atoms with E-state index in [-0.39, 0.29) is 5.41 Å². The molecule has 0 saturated heterocycles. The molecule has 3 heteroatoms. The zero-order valence-electron chi connectivity index (χ0n) is 26.7. The molecule has 11 rings (SSSR count). The predicted molar refractivity (Wildman–Crippen MR) is 206 cm³/mol. The average molecular weight is 631 g/mol. The van der Waals surface area contributed by atoms with Crippen LogP contribution >= 0.6 is 11.3 Å². The van der Waals surface area contributed by atoms with Gasteiger partial charge in [0.15, 0.2) is 0 Å². The van der Waals surface area contributed by atoms with Gasteiger partial charge in [-0.1, -0.05) is 105 Å². The summed E-state index contributed by atoms with van der Waals surface area (Å²) in [4.78, 5) is 0. The van der Waals surface area contributed by atoms with Crippen molar-refractivity contribution in [1.29, 1.82) is 0 Å². The lowest BCUT2D eigenvalue weighted by Crippen LogP contribution is -2.14. The quantitative estimate of drug-likeness (QED) is 0.180. The highest BCUT2D eigenvalue weighted by Gasteiger charge is 2.35. The summed E-state index contributed by atoms with van der Waals surface area (Å²) >= 11 is 1.87. The number of nitrogens with zero attached hydrogens (tertiary/aromatic N) is 2. The van der Waals surface area contributed by atoms with E-state index in [1.807, 2.05) is 11.3 Å². The third-order valence-electron chi connectivity index (χ3n) is 10.9. The highest BCUT2D eigenvalue weighted by molar-refractivity contribution is 7.25. The van der Waals surface area contributed by atoms with Crippen molar-refractivity contribution in [2.45, 2.75) is 19.3 Å². The zero-order chi connectivity index (χ0) is 31.7. The molecule has 0 radical (unpaired) electrons. The number of hydrogen-bond donors (Lipinski definition) is 0. The summed E-state index contributed by atoms with van der Waals surface area (Å²) in [5.41, 5.74) is 12.8. The van der Waals surface area contributed by atoms with Gasteiger partial charge < -0.3 is 9.13 Å². The minimum atomic E-state index is -0.0269. The van der Waals surface area contributed by atoms with Crippen LogP contribution in [-0.4, -0.2) is 9.13 Å². The van der Waals surface area contributed by atoms with Gasteiger partial charge in [-0.15, -0.1) is 11.3 Å². The molecule has 2 nitrogen and oxygen atoms in total. The van der Waals surface area contributed by atoms with Crippen LogP contribution < -0.4 is 0 Å². The van der Waals surface area contributed by atoms with Gasteiger partial charge in [-0.2, -0.15) is 0 Å². The maximum Gasteiger partial charge on any atom is 0.0641 e. The molecule has 0 atom stereocenters. The maximum atomic E-state index is 2.52. The fraction of sp³-hybridized carbons (Fsp3) is 0.0667. The van der Waals surface area contributed by atoms with Crippen LogP contribution in [0.3, 0.4) is 0 Å². The molecule has 0 bridgehead atoms. The van der Waals surface area contributed by atoms with Gasteiger partial charge in [0.2, 0.25) is 0 Å². The summed E-state index contributed by atoms with van der Waals surface area (Å²) < 4.78 is 7.65. The van der Waals surface area contributed by atoms with Crippen molar-refractivity contribution in [3.8, 4) is 22.5 Å². The van der Waals surface area contributed by atoms with Gasteiger partial charge in [0, 0.05) is 58.5 Å². The van der Waals surface area contributed by atoms with E-state index < -0.39 is 0 Å². The topological polar surface area (TPSA) is 9.86 Å². The molecular formula is C45H30N2S. The van der Waals surface area contributed by atoms with Gasteiger partial charge in [0.25, 0.3) is 0 Å². The van der Waals surface area contributed by atoms with Crippen molar-refractivity contribution >= 4 is 75.1 Å². The molecule has 48 heavy (non-hydrogen) atoms. The van der Waals surface area contributed by atoms with Crippen LogP contribution in [0.15, 0.2) is 146 Å². The largest absolute Gasteiger partial charge is 0.309 e. The molecule has 0 aliphatic heterocycles. The summed E-state index contributed by atoms with van der Waals surface area (Å²) in [6.45, 7) is 4.71. The Labute approximate surface area is 281 Å². The van der Waals surface area contributed by atoms with Gasteiger partial charge in [-0.3, -0.25) is 0 Å². The Morgan fingerprint density at radius 2 is 1.08 bits per heavy atom. The highest BCUT2D eigenvalue weighted by atomic mass is 32.1. The lowest BCUT2D eigenvalue weighted by atomic mass is 9.82. The molecular weight excluding hydrogens is 601 g/mol. The van der Waals surface area contributed by atoms with Crippen LogP contribution in [0, 0.1) is 0 Å². The lowest BCUT2D eigenvalue weighted by molar-refractivity contribution is 0.660. The predicted octanol–water partition coefficient (Wildman–Crippen LogP) is 12.6. The van der Waals surface area contributed by atoms with Crippen LogP contribution in [0.5, 0.6) is 0 Å². The normalized spacial score (nSPS) is 13.8. The Morgan fingerprint density at radius 3 is 1.96 bits per heavy atom. The van der Waals surface area contributed by atoms with Crippen molar-refractivity contribution in [2.75, 3.05) is 0 Å². The second-order valence-corrected chi connectivity index (χ2v) is 14.8. The standard InChI is InChI=1S/C45H30N2S/c1-45(2)36-15-7-3-11-29(36)34-25-28(19-22-37(34)45)47-38-16-8-4-12-30(38)32-21-23-40-43(44(32)47)33-14-5-9-17-39(33)46(40)27-20-24-42-35(26-27)31-13-6-10-18-41(31)48-42/h3-26H,1-2H3. The summed E-state index contributed by atoms with van der Waals surface area (Å²) in [6.07, 6.45) is 0. The second-order valence-electron chi connectivity index (χ2n) is 13.7. The van der Waals surface area contributed by atoms with Gasteiger partial charge in [0.1, 0.15) is 0 Å². The van der Waals surface area contributed by atoms with Gasteiger partial charge >= 0.3 is 0 Å². The summed E-state index contributed by atoms with van der Waals surface area (Å²) in [7, 11) is 0. The molecule has 0 fully saturated rings. The van der Waals surface area contributed by atoms with Crippen LogP contribution in [0.25, 0.3) is 86.3 Å². The summed E-state index contributed by atoms with van der Waals surface area (Å²) in [6, 6.07) is 54.3. The Morgan fingerprint density at radius 1 is 0.438 bits per heavy atom. The first kappa shape index (κ1) is 26.4. The van der Waals surface area contributed by atoms with Crippen LogP contribution in [-0.2, 0) is 5.41 Å². The molecule has 1 aliphatic rings. The molecule has 0 amide bonds. The number of rotatable bonds is 2. The molecule has 0 N–H and O–H groups in total. The first-order valence-corrected chi connectivity index (χ1v) is 17.5. The molecule has 226 valence electrons. The van der Waals surface area contributed by atoms with Crippen molar-refractivity contribution < 1.29 is 0 Å². The maximum absolute atomic E-state index is 2.52. The zero-order valence-corrected chi connectivity index (χ0v) is 27.5. The molecule has 0 unspecified atom stereocenters. The SMILES string of the molecule is CC1(C)c2ccccc2-c2cc(-n3c4ccccc4c4ccc5c(c6ccccc6n5-c5ccc6sc7ccccc7c6c5)c43)ccc21. The van der Waals surface area contributed by atoms with E-state index >= 15 is 0 Å². The third-order valence-corrected chi connectivity index (χ3v) is 12.1. The molecule has 1 aliphatic carbocycles. The minimum absolute atomic E-state index is 0.0269. The molecule has 0 spiro atoms. The monoisotopic (exact) mass is 630 g/mol. The number of para-hydroxylation sites is 2. The van der Waals surface area contributed by atoms with Crippen LogP contribution in [0.2, 0.25) is 0 Å². The van der Waals surface area contributed by atoms with E-state index in [1.165, 1.54) is 97.4 Å². The molecule has 3 heterocycles. The van der Waals surface area contributed by atoms with E-state index in [4.69, 9.17) is 0 Å². The number of hydrogen-bond acceptors (Lipinski definition) is 1. The van der Waals surface area contributed by atoms with Gasteiger partial charge in [-0.05, 0) is 76.9 Å². The van der Waals surface area contributed by atoms with E-state index in [2.05, 4.69) is 169 Å². The third kappa shape index (κ3) is 3.31. The van der Waals surface area contributed by atoms with Crippen molar-refractivity contribution in [1.82, 2.24) is 9.13 Å². The van der Waals surface area contributed by atoms with Crippen LogP contribution in [0.1, 0.15) is 25.0 Å². The number of fused-ring (bicyclic) bond motifs is 13. The van der Waals surface area contributed by atoms with E-state index in [9.17, 15) is 0 Å². The Bertz CT molecular complexity index is 2980. The molecule has 3 aromatic heterocycles. The van der Waals surface area contributed by atoms with Crippen molar-refractivity contribution in [3.05, 3.63) is 157 Å². The summed E-state index contributed by atoms with van der Waals surface area (Å²) in [5.74, 6) is 0. The van der Waals surface area contributed by atoms with Gasteiger partial charge in [-0.25, -0.2) is 0 Å². The van der Waals surface area contributed by atoms with E-state index in [0.29, 0.717) is 0 Å². The molecule has 0 saturated carbocycles. The molecule has 10 aromatic rings.